The number of carbonyl (C=O) groups is 1. The van der Waals surface area contributed by atoms with Crippen molar-refractivity contribution in [3.8, 4) is 0 Å². The van der Waals surface area contributed by atoms with Crippen LogP contribution in [0.25, 0.3) is 0 Å². The first-order valence-electron chi connectivity index (χ1n) is 8.03. The highest BCUT2D eigenvalue weighted by molar-refractivity contribution is 5.97. The van der Waals surface area contributed by atoms with Gasteiger partial charge in [-0.05, 0) is 31.5 Å². The first kappa shape index (κ1) is 14.5. The third-order valence-corrected chi connectivity index (χ3v) is 4.75. The second kappa shape index (κ2) is 6.16. The molecule has 0 radical (unpaired) electrons. The number of fused-ring (bicyclic) bond motifs is 1. The minimum Gasteiger partial charge on any atom is -0.308 e. The maximum Gasteiger partial charge on any atom is 0.241 e. The van der Waals surface area contributed by atoms with Gasteiger partial charge in [-0.3, -0.25) is 9.69 Å². The summed E-state index contributed by atoms with van der Waals surface area (Å²) in [5.74, 6) is 0.248. The molecule has 1 saturated heterocycles. The standard InChI is InChI=1S/C17H25N3O/c1-3-18-8-10-19(11-9-18)13-17(21)20-14(2)12-15-6-4-5-7-16(15)20/h4-7,14H,3,8-13H2,1-2H3/t14-/m0/s1. The normalized spacial score (nSPS) is 23.3. The molecule has 1 amide bonds. The van der Waals surface area contributed by atoms with E-state index >= 15 is 0 Å². The van der Waals surface area contributed by atoms with E-state index in [4.69, 9.17) is 0 Å². The molecular formula is C17H25N3O. The number of carbonyl (C=O) groups excluding carboxylic acids is 1. The molecule has 1 aromatic rings. The van der Waals surface area contributed by atoms with Gasteiger partial charge in [0.25, 0.3) is 0 Å². The first-order valence-corrected chi connectivity index (χ1v) is 8.03. The minimum absolute atomic E-state index is 0.248. The fourth-order valence-electron chi connectivity index (χ4n) is 3.48. The van der Waals surface area contributed by atoms with E-state index in [0.29, 0.717) is 6.54 Å². The van der Waals surface area contributed by atoms with E-state index in [-0.39, 0.29) is 11.9 Å². The van der Waals surface area contributed by atoms with Crippen LogP contribution in [-0.4, -0.2) is 61.0 Å². The fourth-order valence-corrected chi connectivity index (χ4v) is 3.48. The van der Waals surface area contributed by atoms with Gasteiger partial charge in [0.05, 0.1) is 6.54 Å². The highest BCUT2D eigenvalue weighted by Gasteiger charge is 2.31. The molecule has 4 nitrogen and oxygen atoms in total. The summed E-state index contributed by atoms with van der Waals surface area (Å²) < 4.78 is 0. The van der Waals surface area contributed by atoms with Gasteiger partial charge >= 0.3 is 0 Å². The zero-order valence-electron chi connectivity index (χ0n) is 13.1. The number of amides is 1. The van der Waals surface area contributed by atoms with Gasteiger partial charge < -0.3 is 9.80 Å². The maximum atomic E-state index is 12.7. The Morgan fingerprint density at radius 2 is 1.81 bits per heavy atom. The van der Waals surface area contributed by atoms with E-state index in [0.717, 1.165) is 44.8 Å². The van der Waals surface area contributed by atoms with Gasteiger partial charge in [-0.2, -0.15) is 0 Å². The van der Waals surface area contributed by atoms with Crippen molar-refractivity contribution in [2.75, 3.05) is 44.2 Å². The topological polar surface area (TPSA) is 26.8 Å². The molecule has 114 valence electrons. The Hall–Kier alpha value is -1.39. The van der Waals surface area contributed by atoms with Crippen LogP contribution in [0.1, 0.15) is 19.4 Å². The Morgan fingerprint density at radius 3 is 2.52 bits per heavy atom. The third-order valence-electron chi connectivity index (χ3n) is 4.75. The summed E-state index contributed by atoms with van der Waals surface area (Å²) in [6.45, 7) is 10.2. The predicted molar refractivity (Wildman–Crippen MR) is 85.6 cm³/mol. The summed E-state index contributed by atoms with van der Waals surface area (Å²) in [6.07, 6.45) is 0.978. The van der Waals surface area contributed by atoms with E-state index in [1.54, 1.807) is 0 Å². The third kappa shape index (κ3) is 2.97. The molecule has 0 unspecified atom stereocenters. The molecule has 21 heavy (non-hydrogen) atoms. The van der Waals surface area contributed by atoms with Crippen LogP contribution in [-0.2, 0) is 11.2 Å². The smallest absolute Gasteiger partial charge is 0.241 e. The van der Waals surface area contributed by atoms with Crippen molar-refractivity contribution in [2.45, 2.75) is 26.3 Å². The average Bonchev–Trinajstić information content (AvgIpc) is 2.83. The largest absolute Gasteiger partial charge is 0.308 e. The molecule has 0 bridgehead atoms. The molecule has 2 heterocycles. The molecule has 3 rings (SSSR count). The van der Waals surface area contributed by atoms with Gasteiger partial charge in [0, 0.05) is 37.9 Å². The number of piperazine rings is 1. The number of rotatable bonds is 3. The van der Waals surface area contributed by atoms with Gasteiger partial charge in [0.15, 0.2) is 0 Å². The fraction of sp³-hybridized carbons (Fsp3) is 0.588. The minimum atomic E-state index is 0.248. The number of benzene rings is 1. The van der Waals surface area contributed by atoms with Crippen molar-refractivity contribution in [1.29, 1.82) is 0 Å². The van der Waals surface area contributed by atoms with Crippen LogP contribution in [0.4, 0.5) is 5.69 Å². The van der Waals surface area contributed by atoms with Crippen LogP contribution in [0.5, 0.6) is 0 Å². The lowest BCUT2D eigenvalue weighted by Crippen LogP contribution is -2.50. The Kier molecular flexibility index (Phi) is 4.27. The van der Waals surface area contributed by atoms with Gasteiger partial charge in [-0.25, -0.2) is 0 Å². The Labute approximate surface area is 127 Å². The Bertz CT molecular complexity index is 509. The molecule has 2 aliphatic rings. The molecule has 0 N–H and O–H groups in total. The molecule has 0 saturated carbocycles. The van der Waals surface area contributed by atoms with Gasteiger partial charge in [0.1, 0.15) is 0 Å². The van der Waals surface area contributed by atoms with Crippen LogP contribution in [0.2, 0.25) is 0 Å². The quantitative estimate of drug-likeness (QED) is 0.845. The zero-order valence-corrected chi connectivity index (χ0v) is 13.1. The molecule has 1 aromatic carbocycles. The SMILES string of the molecule is CCN1CCN(CC(=O)N2c3ccccc3C[C@@H]2C)CC1. The summed E-state index contributed by atoms with van der Waals surface area (Å²) >= 11 is 0. The van der Waals surface area contributed by atoms with Crippen LogP contribution >= 0.6 is 0 Å². The highest BCUT2D eigenvalue weighted by Crippen LogP contribution is 2.31. The van der Waals surface area contributed by atoms with Crippen LogP contribution < -0.4 is 4.90 Å². The van der Waals surface area contributed by atoms with E-state index in [1.165, 1.54) is 5.56 Å². The lowest BCUT2D eigenvalue weighted by Gasteiger charge is -2.35. The second-order valence-corrected chi connectivity index (χ2v) is 6.16. The zero-order chi connectivity index (χ0) is 14.8. The van der Waals surface area contributed by atoms with Crippen molar-refractivity contribution in [2.24, 2.45) is 0 Å². The Balaban J connectivity index is 1.64. The van der Waals surface area contributed by atoms with Crippen molar-refractivity contribution < 1.29 is 4.79 Å². The molecule has 1 atom stereocenters. The number of anilines is 1. The van der Waals surface area contributed by atoms with Crippen molar-refractivity contribution in [3.63, 3.8) is 0 Å². The number of nitrogens with zero attached hydrogens (tertiary/aromatic N) is 3. The summed E-state index contributed by atoms with van der Waals surface area (Å²) in [6, 6.07) is 8.58. The Morgan fingerprint density at radius 1 is 1.14 bits per heavy atom. The lowest BCUT2D eigenvalue weighted by molar-refractivity contribution is -0.120. The number of hydrogen-bond acceptors (Lipinski definition) is 3. The summed E-state index contributed by atoms with van der Waals surface area (Å²) in [5, 5.41) is 0. The monoisotopic (exact) mass is 287 g/mol. The van der Waals surface area contributed by atoms with Crippen LogP contribution in [0.15, 0.2) is 24.3 Å². The molecule has 2 aliphatic heterocycles. The average molecular weight is 287 g/mol. The van der Waals surface area contributed by atoms with Crippen LogP contribution in [0, 0.1) is 0 Å². The van der Waals surface area contributed by atoms with E-state index in [9.17, 15) is 4.79 Å². The second-order valence-electron chi connectivity index (χ2n) is 6.16. The number of para-hydroxylation sites is 1. The molecular weight excluding hydrogens is 262 g/mol. The molecule has 0 aromatic heterocycles. The van der Waals surface area contributed by atoms with Gasteiger partial charge in [-0.15, -0.1) is 0 Å². The van der Waals surface area contributed by atoms with Gasteiger partial charge in [-0.1, -0.05) is 25.1 Å². The molecule has 0 aliphatic carbocycles. The first-order chi connectivity index (χ1) is 10.2. The number of hydrogen-bond donors (Lipinski definition) is 0. The van der Waals surface area contributed by atoms with Crippen molar-refractivity contribution >= 4 is 11.6 Å². The highest BCUT2D eigenvalue weighted by atomic mass is 16.2. The number of likely N-dealkylation sites (N-methyl/N-ethyl adjacent to an activating group) is 1. The maximum absolute atomic E-state index is 12.7. The van der Waals surface area contributed by atoms with Gasteiger partial charge in [0.2, 0.25) is 5.91 Å². The lowest BCUT2D eigenvalue weighted by atomic mass is 10.1. The summed E-state index contributed by atoms with van der Waals surface area (Å²) in [7, 11) is 0. The van der Waals surface area contributed by atoms with E-state index in [2.05, 4.69) is 41.8 Å². The van der Waals surface area contributed by atoms with E-state index < -0.39 is 0 Å². The molecule has 0 spiro atoms. The van der Waals surface area contributed by atoms with Crippen molar-refractivity contribution in [3.05, 3.63) is 29.8 Å². The predicted octanol–water partition coefficient (Wildman–Crippen LogP) is 1.60. The molecule has 4 heteroatoms. The summed E-state index contributed by atoms with van der Waals surface area (Å²) in [4.78, 5) is 19.4. The van der Waals surface area contributed by atoms with Crippen molar-refractivity contribution in [1.82, 2.24) is 9.80 Å². The van der Waals surface area contributed by atoms with E-state index in [1.807, 2.05) is 11.0 Å². The summed E-state index contributed by atoms with van der Waals surface area (Å²) in [5.41, 5.74) is 2.41. The van der Waals surface area contributed by atoms with Crippen LogP contribution in [0.3, 0.4) is 0 Å². The molecule has 1 fully saturated rings.